The standard InChI is InChI=1S/C20H23NO6/c1-21-6-5-12-7-15-16(27-11-26-15)10-14(12)20(21,22)13-8-17(23-2)19(25-4)18(9-13)24-3/h7-10,22H,5-6,11H2,1-4H3. The maximum absolute atomic E-state index is 11.9. The molecule has 2 aromatic carbocycles. The molecule has 0 aliphatic carbocycles. The summed E-state index contributed by atoms with van der Waals surface area (Å²) in [5, 5.41) is 11.9. The van der Waals surface area contributed by atoms with Crippen LogP contribution < -0.4 is 23.7 Å². The van der Waals surface area contributed by atoms with Crippen molar-refractivity contribution in [3.8, 4) is 28.7 Å². The van der Waals surface area contributed by atoms with E-state index in [-0.39, 0.29) is 6.79 Å². The quantitative estimate of drug-likeness (QED) is 0.880. The van der Waals surface area contributed by atoms with Crippen LogP contribution in [0.5, 0.6) is 28.7 Å². The van der Waals surface area contributed by atoms with Crippen molar-refractivity contribution in [1.29, 1.82) is 0 Å². The van der Waals surface area contributed by atoms with Crippen molar-refractivity contribution in [2.75, 3.05) is 41.7 Å². The molecular weight excluding hydrogens is 350 g/mol. The van der Waals surface area contributed by atoms with E-state index in [9.17, 15) is 5.11 Å². The first kappa shape index (κ1) is 17.8. The highest BCUT2D eigenvalue weighted by Gasteiger charge is 2.43. The second-order valence-corrected chi connectivity index (χ2v) is 6.62. The van der Waals surface area contributed by atoms with Crippen molar-refractivity contribution in [2.24, 2.45) is 0 Å². The average Bonchev–Trinajstić information content (AvgIpc) is 3.15. The van der Waals surface area contributed by atoms with Gasteiger partial charge in [0.1, 0.15) is 0 Å². The Bertz CT molecular complexity index is 858. The summed E-state index contributed by atoms with van der Waals surface area (Å²) in [6.07, 6.45) is 0.801. The summed E-state index contributed by atoms with van der Waals surface area (Å²) < 4.78 is 27.4. The number of methoxy groups -OCH3 is 3. The van der Waals surface area contributed by atoms with Gasteiger partial charge in [0.25, 0.3) is 0 Å². The van der Waals surface area contributed by atoms with E-state index in [1.54, 1.807) is 33.5 Å². The Balaban J connectivity index is 1.93. The van der Waals surface area contributed by atoms with E-state index >= 15 is 0 Å². The van der Waals surface area contributed by atoms with Gasteiger partial charge in [-0.2, -0.15) is 0 Å². The van der Waals surface area contributed by atoms with E-state index in [1.807, 2.05) is 24.1 Å². The summed E-state index contributed by atoms with van der Waals surface area (Å²) in [5.41, 5.74) is 1.03. The van der Waals surface area contributed by atoms with Gasteiger partial charge in [0, 0.05) is 17.7 Å². The van der Waals surface area contributed by atoms with E-state index in [4.69, 9.17) is 23.7 Å². The third-order valence-corrected chi connectivity index (χ3v) is 5.31. The molecule has 1 atom stereocenters. The molecule has 2 heterocycles. The van der Waals surface area contributed by atoms with Gasteiger partial charge in [0.15, 0.2) is 28.7 Å². The molecule has 4 rings (SSSR count). The van der Waals surface area contributed by atoms with Gasteiger partial charge in [-0.15, -0.1) is 0 Å². The van der Waals surface area contributed by atoms with Gasteiger partial charge in [0.05, 0.1) is 21.3 Å². The zero-order valence-electron chi connectivity index (χ0n) is 15.9. The maximum atomic E-state index is 11.9. The Labute approximate surface area is 158 Å². The molecule has 1 N–H and O–H groups in total. The highest BCUT2D eigenvalue weighted by Crippen LogP contribution is 2.48. The van der Waals surface area contributed by atoms with Crippen molar-refractivity contribution in [3.05, 3.63) is 41.0 Å². The number of likely N-dealkylation sites (N-methyl/N-ethyl adjacent to an activating group) is 1. The van der Waals surface area contributed by atoms with Gasteiger partial charge in [-0.25, -0.2) is 0 Å². The van der Waals surface area contributed by atoms with E-state index < -0.39 is 5.72 Å². The molecule has 0 bridgehead atoms. The molecule has 1 unspecified atom stereocenters. The van der Waals surface area contributed by atoms with Crippen LogP contribution in [0.3, 0.4) is 0 Å². The number of ether oxygens (including phenoxy) is 5. The van der Waals surface area contributed by atoms with Crippen molar-refractivity contribution >= 4 is 0 Å². The smallest absolute Gasteiger partial charge is 0.231 e. The Kier molecular flexibility index (Phi) is 4.28. The molecule has 0 radical (unpaired) electrons. The van der Waals surface area contributed by atoms with Gasteiger partial charge >= 0.3 is 0 Å². The average molecular weight is 373 g/mol. The Morgan fingerprint density at radius 2 is 1.59 bits per heavy atom. The minimum atomic E-state index is -1.37. The topological polar surface area (TPSA) is 69.6 Å². The highest BCUT2D eigenvalue weighted by molar-refractivity contribution is 5.59. The fraction of sp³-hybridized carbons (Fsp3) is 0.400. The third-order valence-electron chi connectivity index (χ3n) is 5.31. The molecular formula is C20H23NO6. The molecule has 0 fully saturated rings. The minimum Gasteiger partial charge on any atom is -0.493 e. The predicted molar refractivity (Wildman–Crippen MR) is 98.0 cm³/mol. The number of hydrogen-bond acceptors (Lipinski definition) is 7. The lowest BCUT2D eigenvalue weighted by Gasteiger charge is -2.43. The van der Waals surface area contributed by atoms with E-state index in [1.165, 1.54) is 0 Å². The summed E-state index contributed by atoms with van der Waals surface area (Å²) in [6.45, 7) is 0.872. The zero-order chi connectivity index (χ0) is 19.2. The lowest BCUT2D eigenvalue weighted by molar-refractivity contribution is -0.0733. The van der Waals surface area contributed by atoms with Crippen LogP contribution >= 0.6 is 0 Å². The molecule has 0 amide bonds. The van der Waals surface area contributed by atoms with Crippen LogP contribution in [0.25, 0.3) is 0 Å². The van der Waals surface area contributed by atoms with Crippen LogP contribution in [0.15, 0.2) is 24.3 Å². The first-order valence-corrected chi connectivity index (χ1v) is 8.70. The molecule has 2 aromatic rings. The summed E-state index contributed by atoms with van der Waals surface area (Å²) in [6, 6.07) is 7.36. The van der Waals surface area contributed by atoms with Crippen molar-refractivity contribution in [3.63, 3.8) is 0 Å². The number of benzene rings is 2. The van der Waals surface area contributed by atoms with Gasteiger partial charge in [-0.1, -0.05) is 0 Å². The molecule has 7 heteroatoms. The first-order chi connectivity index (χ1) is 13.0. The van der Waals surface area contributed by atoms with E-state index in [2.05, 4.69) is 0 Å². The fourth-order valence-electron chi connectivity index (χ4n) is 3.83. The van der Waals surface area contributed by atoms with Crippen LogP contribution in [0.1, 0.15) is 16.7 Å². The maximum Gasteiger partial charge on any atom is 0.231 e. The van der Waals surface area contributed by atoms with Crippen LogP contribution in [0.2, 0.25) is 0 Å². The molecule has 144 valence electrons. The molecule has 0 spiro atoms. The lowest BCUT2D eigenvalue weighted by atomic mass is 9.84. The van der Waals surface area contributed by atoms with Crippen molar-refractivity contribution in [1.82, 2.24) is 4.90 Å². The fourth-order valence-corrected chi connectivity index (χ4v) is 3.83. The minimum absolute atomic E-state index is 0.191. The predicted octanol–water partition coefficient (Wildman–Crippen LogP) is 2.12. The SMILES string of the molecule is COc1cc(C2(O)c3cc4c(cc3CCN2C)OCO4)cc(OC)c1OC. The molecule has 2 aliphatic heterocycles. The number of fused-ring (bicyclic) bond motifs is 2. The lowest BCUT2D eigenvalue weighted by Crippen LogP contribution is -2.49. The van der Waals surface area contributed by atoms with Gasteiger partial charge in [0.2, 0.25) is 12.5 Å². The molecule has 0 aromatic heterocycles. The van der Waals surface area contributed by atoms with Crippen LogP contribution in [0.4, 0.5) is 0 Å². The van der Waals surface area contributed by atoms with Gasteiger partial charge < -0.3 is 28.8 Å². The van der Waals surface area contributed by atoms with Crippen LogP contribution in [-0.4, -0.2) is 51.7 Å². The highest BCUT2D eigenvalue weighted by atomic mass is 16.7. The monoisotopic (exact) mass is 373 g/mol. The number of nitrogens with zero attached hydrogens (tertiary/aromatic N) is 1. The molecule has 0 saturated heterocycles. The second kappa shape index (κ2) is 6.51. The third kappa shape index (κ3) is 2.57. The number of hydrogen-bond donors (Lipinski definition) is 1. The van der Waals surface area contributed by atoms with Gasteiger partial charge in [-0.3, -0.25) is 4.90 Å². The molecule has 0 saturated carbocycles. The summed E-state index contributed by atoms with van der Waals surface area (Å²) in [5.74, 6) is 2.81. The summed E-state index contributed by atoms with van der Waals surface area (Å²) in [7, 11) is 6.55. The Hall–Kier alpha value is -2.64. The number of rotatable bonds is 4. The summed E-state index contributed by atoms with van der Waals surface area (Å²) in [4.78, 5) is 1.90. The molecule has 2 aliphatic rings. The zero-order valence-corrected chi connectivity index (χ0v) is 15.9. The van der Waals surface area contributed by atoms with Gasteiger partial charge in [-0.05, 0) is 43.3 Å². The van der Waals surface area contributed by atoms with E-state index in [0.717, 1.165) is 17.5 Å². The van der Waals surface area contributed by atoms with E-state index in [0.29, 0.717) is 40.9 Å². The number of aliphatic hydroxyl groups is 1. The largest absolute Gasteiger partial charge is 0.493 e. The first-order valence-electron chi connectivity index (χ1n) is 8.70. The van der Waals surface area contributed by atoms with Crippen molar-refractivity contribution in [2.45, 2.75) is 12.1 Å². The Morgan fingerprint density at radius 3 is 2.19 bits per heavy atom. The van der Waals surface area contributed by atoms with Crippen LogP contribution in [-0.2, 0) is 12.1 Å². The normalized spacial score (nSPS) is 20.9. The molecule has 27 heavy (non-hydrogen) atoms. The second-order valence-electron chi connectivity index (χ2n) is 6.62. The van der Waals surface area contributed by atoms with Crippen molar-refractivity contribution < 1.29 is 28.8 Å². The molecule has 7 nitrogen and oxygen atoms in total. The van der Waals surface area contributed by atoms with Crippen LogP contribution in [0, 0.1) is 0 Å². The Morgan fingerprint density at radius 1 is 0.963 bits per heavy atom. The summed E-state index contributed by atoms with van der Waals surface area (Å²) >= 11 is 0.